The van der Waals surface area contributed by atoms with Gasteiger partial charge < -0.3 is 14.5 Å². The second-order valence-electron chi connectivity index (χ2n) is 6.40. The topological polar surface area (TPSA) is 57.6 Å². The van der Waals surface area contributed by atoms with Crippen LogP contribution in [0.4, 0.5) is 5.69 Å². The molecular formula is C20H28N4O3. The van der Waals surface area contributed by atoms with Gasteiger partial charge in [0.15, 0.2) is 0 Å². The summed E-state index contributed by atoms with van der Waals surface area (Å²) in [4.78, 5) is 12.9. The Morgan fingerprint density at radius 1 is 1.19 bits per heavy atom. The fourth-order valence-corrected chi connectivity index (χ4v) is 3.65. The molecule has 0 aliphatic carbocycles. The molecule has 2 heterocycles. The summed E-state index contributed by atoms with van der Waals surface area (Å²) < 4.78 is 11.2. The second kappa shape index (κ2) is 8.54. The highest BCUT2D eigenvalue weighted by molar-refractivity contribution is 6.14. The lowest BCUT2D eigenvalue weighted by molar-refractivity contribution is -0.170. The number of nitrogens with zero attached hydrogens (tertiary/aromatic N) is 4. The van der Waals surface area contributed by atoms with Crippen molar-refractivity contribution in [2.75, 3.05) is 38.4 Å². The molecule has 0 bridgehead atoms. The molecule has 2 aliphatic rings. The van der Waals surface area contributed by atoms with Gasteiger partial charge >= 0.3 is 5.97 Å². The third-order valence-electron chi connectivity index (χ3n) is 4.87. The van der Waals surface area contributed by atoms with Gasteiger partial charge in [0, 0.05) is 32.0 Å². The van der Waals surface area contributed by atoms with Crippen LogP contribution in [0.1, 0.15) is 20.8 Å². The largest absolute Gasteiger partial charge is 0.465 e. The summed E-state index contributed by atoms with van der Waals surface area (Å²) in [6, 6.07) is 9.97. The number of rotatable bonds is 6. The number of carbonyl (C=O) groups excluding carboxylic acids is 1. The summed E-state index contributed by atoms with van der Waals surface area (Å²) in [6.45, 7) is 8.36. The fraction of sp³-hybridized carbons (Fsp3) is 0.500. The van der Waals surface area contributed by atoms with Gasteiger partial charge in [-0.1, -0.05) is 25.1 Å². The van der Waals surface area contributed by atoms with Gasteiger partial charge in [0.05, 0.1) is 24.6 Å². The zero-order valence-electron chi connectivity index (χ0n) is 16.5. The average Bonchev–Trinajstić information content (AvgIpc) is 3.05. The van der Waals surface area contributed by atoms with Crippen LogP contribution in [-0.2, 0) is 14.3 Å². The Kier molecular flexibility index (Phi) is 6.13. The van der Waals surface area contributed by atoms with E-state index in [1.165, 1.54) is 0 Å². The molecule has 0 saturated heterocycles. The van der Waals surface area contributed by atoms with Crippen molar-refractivity contribution < 1.29 is 14.3 Å². The molecule has 0 amide bonds. The predicted octanol–water partition coefficient (Wildman–Crippen LogP) is 2.47. The van der Waals surface area contributed by atoms with Crippen LogP contribution in [0.2, 0.25) is 0 Å². The van der Waals surface area contributed by atoms with E-state index in [-0.39, 0.29) is 5.97 Å². The molecule has 0 radical (unpaired) electrons. The highest BCUT2D eigenvalue weighted by Crippen LogP contribution is 2.32. The Labute approximate surface area is 160 Å². The van der Waals surface area contributed by atoms with Crippen molar-refractivity contribution in [3.8, 4) is 0 Å². The third-order valence-corrected chi connectivity index (χ3v) is 4.87. The minimum absolute atomic E-state index is 0.305. The molecule has 3 rings (SSSR count). The maximum absolute atomic E-state index is 12.9. The number of fused-ring (bicyclic) bond motifs is 1. The molecule has 1 aromatic rings. The molecular weight excluding hydrogens is 344 g/mol. The molecule has 7 nitrogen and oxygen atoms in total. The summed E-state index contributed by atoms with van der Waals surface area (Å²) in [5.41, 5.74) is 2.72. The van der Waals surface area contributed by atoms with Crippen LogP contribution in [-0.4, -0.2) is 61.3 Å². The molecule has 0 saturated carbocycles. The van der Waals surface area contributed by atoms with Gasteiger partial charge in [-0.2, -0.15) is 10.1 Å². The fourth-order valence-electron chi connectivity index (χ4n) is 3.65. The summed E-state index contributed by atoms with van der Waals surface area (Å²) in [7, 11) is 1.63. The smallest absolute Gasteiger partial charge is 0.319 e. The number of carbonyl (C=O) groups is 1. The van der Waals surface area contributed by atoms with Crippen LogP contribution in [0, 0.1) is 5.92 Å². The van der Waals surface area contributed by atoms with E-state index < -0.39 is 12.1 Å². The molecule has 0 spiro atoms. The number of methoxy groups -OCH3 is 1. The van der Waals surface area contributed by atoms with Crippen LogP contribution >= 0.6 is 0 Å². The van der Waals surface area contributed by atoms with Crippen LogP contribution in [0.15, 0.2) is 47.2 Å². The second-order valence-corrected chi connectivity index (χ2v) is 6.40. The first kappa shape index (κ1) is 19.4. The van der Waals surface area contributed by atoms with Gasteiger partial charge in [-0.25, -0.2) is 0 Å². The maximum atomic E-state index is 12.9. The molecule has 0 N–H and O–H groups in total. The van der Waals surface area contributed by atoms with Gasteiger partial charge in [0.25, 0.3) is 0 Å². The zero-order chi connectivity index (χ0) is 19.4. The van der Waals surface area contributed by atoms with Gasteiger partial charge in [0.2, 0.25) is 0 Å². The molecule has 146 valence electrons. The number of anilines is 1. The summed E-state index contributed by atoms with van der Waals surface area (Å²) >= 11 is 0. The van der Waals surface area contributed by atoms with E-state index in [9.17, 15) is 4.79 Å². The van der Waals surface area contributed by atoms with Gasteiger partial charge in [0.1, 0.15) is 12.1 Å². The molecule has 0 fully saturated rings. The quantitative estimate of drug-likeness (QED) is 0.715. The van der Waals surface area contributed by atoms with Crippen molar-refractivity contribution in [1.29, 1.82) is 0 Å². The predicted molar refractivity (Wildman–Crippen MR) is 105 cm³/mol. The molecule has 2 atom stereocenters. The van der Waals surface area contributed by atoms with Crippen LogP contribution in [0.25, 0.3) is 0 Å². The normalized spacial score (nSPS) is 22.8. The van der Waals surface area contributed by atoms with E-state index in [2.05, 4.69) is 30.1 Å². The lowest BCUT2D eigenvalue weighted by Crippen LogP contribution is -2.52. The van der Waals surface area contributed by atoms with Crippen molar-refractivity contribution in [2.24, 2.45) is 11.0 Å². The number of para-hydroxylation sites is 1. The van der Waals surface area contributed by atoms with E-state index in [0.29, 0.717) is 19.7 Å². The van der Waals surface area contributed by atoms with E-state index >= 15 is 0 Å². The van der Waals surface area contributed by atoms with Crippen molar-refractivity contribution in [1.82, 2.24) is 10.0 Å². The van der Waals surface area contributed by atoms with E-state index in [1.54, 1.807) is 7.11 Å². The summed E-state index contributed by atoms with van der Waals surface area (Å²) in [5.74, 6) is -0.910. The number of hydrogen-bond acceptors (Lipinski definition) is 7. The highest BCUT2D eigenvalue weighted by Gasteiger charge is 2.45. The maximum Gasteiger partial charge on any atom is 0.319 e. The first-order valence-corrected chi connectivity index (χ1v) is 9.49. The third kappa shape index (κ3) is 3.70. The molecule has 27 heavy (non-hydrogen) atoms. The van der Waals surface area contributed by atoms with Crippen molar-refractivity contribution >= 4 is 17.4 Å². The Bertz CT molecular complexity index is 719. The van der Waals surface area contributed by atoms with Crippen molar-refractivity contribution in [2.45, 2.75) is 27.0 Å². The number of ether oxygens (including phenoxy) is 2. The highest BCUT2D eigenvalue weighted by atomic mass is 16.5. The van der Waals surface area contributed by atoms with Crippen LogP contribution in [0.5, 0.6) is 0 Å². The van der Waals surface area contributed by atoms with E-state index in [1.807, 2.05) is 42.3 Å². The van der Waals surface area contributed by atoms with Crippen molar-refractivity contribution in [3.63, 3.8) is 0 Å². The Morgan fingerprint density at radius 3 is 2.52 bits per heavy atom. The summed E-state index contributed by atoms with van der Waals surface area (Å²) in [6.07, 6.45) is 1.61. The van der Waals surface area contributed by atoms with Crippen LogP contribution < -0.4 is 5.01 Å². The Hall–Kier alpha value is -2.38. The average molecular weight is 372 g/mol. The SMILES string of the molecule is CCOC(=O)[C@H]1C2=NN(c3ccccc3)CC2=CN(CC)N(CC)[C@@H]1OC. The van der Waals surface area contributed by atoms with E-state index in [0.717, 1.165) is 23.5 Å². The van der Waals surface area contributed by atoms with Gasteiger partial charge in [-0.15, -0.1) is 0 Å². The lowest BCUT2D eigenvalue weighted by Gasteiger charge is -2.38. The Balaban J connectivity index is 2.06. The molecule has 1 aromatic carbocycles. The van der Waals surface area contributed by atoms with Crippen molar-refractivity contribution in [3.05, 3.63) is 42.1 Å². The lowest BCUT2D eigenvalue weighted by atomic mass is 9.96. The zero-order valence-corrected chi connectivity index (χ0v) is 16.5. The number of hydrazine groups is 1. The first-order valence-electron chi connectivity index (χ1n) is 9.49. The van der Waals surface area contributed by atoms with Crippen LogP contribution in [0.3, 0.4) is 0 Å². The molecule has 0 aromatic heterocycles. The standard InChI is InChI=1S/C20H28N4O3/c1-5-22-13-15-14-23(16-11-9-8-10-12-16)21-18(15)17(20(25)27-7-3)19(26-4)24(22)6-2/h8-13,17,19H,5-7,14H2,1-4H3/t17-,19+/m0/s1. The van der Waals surface area contributed by atoms with E-state index in [4.69, 9.17) is 14.6 Å². The van der Waals surface area contributed by atoms with Gasteiger partial charge in [-0.05, 0) is 26.0 Å². The molecule has 2 aliphatic heterocycles. The minimum atomic E-state index is -0.605. The summed E-state index contributed by atoms with van der Waals surface area (Å²) in [5, 5.41) is 10.9. The monoisotopic (exact) mass is 372 g/mol. The molecule has 0 unspecified atom stereocenters. The Morgan fingerprint density at radius 2 is 1.93 bits per heavy atom. The number of benzene rings is 1. The minimum Gasteiger partial charge on any atom is -0.465 e. The van der Waals surface area contributed by atoms with Gasteiger partial charge in [-0.3, -0.25) is 9.80 Å². The number of esters is 1. The molecule has 7 heteroatoms. The number of hydrogen-bond donors (Lipinski definition) is 0. The number of hydrazone groups is 1. The first-order chi connectivity index (χ1) is 13.1.